The first kappa shape index (κ1) is 31.9. The molecular formula is C30H38O14. The summed E-state index contributed by atoms with van der Waals surface area (Å²) in [5, 5.41) is 41.7. The number of fused-ring (bicyclic) bond motifs is 1. The third-order valence-corrected chi connectivity index (χ3v) is 8.26. The highest BCUT2D eigenvalue weighted by Gasteiger charge is 2.49. The summed E-state index contributed by atoms with van der Waals surface area (Å²) >= 11 is 0. The van der Waals surface area contributed by atoms with Crippen molar-refractivity contribution in [2.24, 2.45) is 11.8 Å². The Morgan fingerprint density at radius 1 is 0.773 bits per heavy atom. The number of aromatic hydroxyl groups is 1. The lowest BCUT2D eigenvalue weighted by molar-refractivity contribution is -0.278. The topological polar surface area (TPSA) is 181 Å². The number of rotatable bonds is 10. The second-order valence-corrected chi connectivity index (χ2v) is 10.8. The number of esters is 1. The summed E-state index contributed by atoms with van der Waals surface area (Å²) in [6.07, 6.45) is -8.14. The van der Waals surface area contributed by atoms with E-state index in [0.717, 1.165) is 11.1 Å². The zero-order valence-corrected chi connectivity index (χ0v) is 25.0. The molecule has 3 heterocycles. The zero-order valence-electron chi connectivity index (χ0n) is 25.0. The van der Waals surface area contributed by atoms with Crippen LogP contribution in [0.2, 0.25) is 0 Å². The first-order valence-corrected chi connectivity index (χ1v) is 14.0. The van der Waals surface area contributed by atoms with Gasteiger partial charge in [-0.05, 0) is 35.4 Å². The van der Waals surface area contributed by atoms with E-state index in [-0.39, 0.29) is 65.1 Å². The van der Waals surface area contributed by atoms with Crippen LogP contribution in [0, 0.1) is 11.8 Å². The van der Waals surface area contributed by atoms with Crippen LogP contribution in [0.4, 0.5) is 0 Å². The molecule has 4 N–H and O–H groups in total. The van der Waals surface area contributed by atoms with Gasteiger partial charge < -0.3 is 63.1 Å². The van der Waals surface area contributed by atoms with Crippen LogP contribution in [0.25, 0.3) is 0 Å². The second kappa shape index (κ2) is 13.2. The normalized spacial score (nSPS) is 31.2. The largest absolute Gasteiger partial charge is 0.502 e. The quantitative estimate of drug-likeness (QED) is 0.278. The maximum atomic E-state index is 11.3. The van der Waals surface area contributed by atoms with E-state index in [1.807, 2.05) is 0 Å². The Hall–Kier alpha value is -3.53. The highest BCUT2D eigenvalue weighted by atomic mass is 16.7. The molecule has 44 heavy (non-hydrogen) atoms. The van der Waals surface area contributed by atoms with E-state index < -0.39 is 36.7 Å². The smallest absolute Gasteiger partial charge is 0.302 e. The van der Waals surface area contributed by atoms with Crippen LogP contribution in [0.5, 0.6) is 34.5 Å². The van der Waals surface area contributed by atoms with Crippen LogP contribution in [-0.4, -0.2) is 105 Å². The second-order valence-electron chi connectivity index (χ2n) is 10.8. The average molecular weight is 623 g/mol. The van der Waals surface area contributed by atoms with Crippen molar-refractivity contribution in [2.45, 2.75) is 49.8 Å². The molecule has 3 aliphatic heterocycles. The number of benzene rings is 2. The van der Waals surface area contributed by atoms with Crippen LogP contribution >= 0.6 is 0 Å². The first-order valence-electron chi connectivity index (χ1n) is 14.0. The van der Waals surface area contributed by atoms with E-state index in [1.54, 1.807) is 24.3 Å². The minimum atomic E-state index is -1.64. The predicted octanol–water partition coefficient (Wildman–Crippen LogP) is 1.25. The molecule has 2 unspecified atom stereocenters. The lowest BCUT2D eigenvalue weighted by Crippen LogP contribution is -2.60. The number of hydrogen-bond acceptors (Lipinski definition) is 14. The van der Waals surface area contributed by atoms with Gasteiger partial charge in [0.15, 0.2) is 23.0 Å². The highest BCUT2D eigenvalue weighted by Crippen LogP contribution is 2.53. The Balaban J connectivity index is 1.38. The van der Waals surface area contributed by atoms with Crippen molar-refractivity contribution >= 4 is 5.97 Å². The summed E-state index contributed by atoms with van der Waals surface area (Å²) in [4.78, 5) is 11.3. The molecule has 0 bridgehead atoms. The van der Waals surface area contributed by atoms with E-state index >= 15 is 0 Å². The monoisotopic (exact) mass is 622 g/mol. The number of aliphatic hydroxyl groups excluding tert-OH is 3. The molecule has 14 heteroatoms. The molecule has 0 saturated carbocycles. The molecule has 14 nitrogen and oxygen atoms in total. The Morgan fingerprint density at radius 3 is 1.70 bits per heavy atom. The first-order chi connectivity index (χ1) is 21.1. The number of methoxy groups -OCH3 is 4. The van der Waals surface area contributed by atoms with Crippen LogP contribution in [0.1, 0.15) is 30.3 Å². The van der Waals surface area contributed by atoms with Crippen LogP contribution in [0.3, 0.4) is 0 Å². The van der Waals surface area contributed by atoms with E-state index in [2.05, 4.69) is 0 Å². The van der Waals surface area contributed by atoms with Gasteiger partial charge in [-0.1, -0.05) is 0 Å². The van der Waals surface area contributed by atoms with Crippen LogP contribution in [0.15, 0.2) is 24.3 Å². The molecule has 3 saturated heterocycles. The zero-order chi connectivity index (χ0) is 31.7. The van der Waals surface area contributed by atoms with Crippen LogP contribution < -0.4 is 23.7 Å². The standard InChI is InChI=1S/C30H38O14/c1-13(31)40-12-22-24(33)25(34)26(35)30(43-22)44-29-20(38-4)8-15(9-21(29)39-5)28-17-11-41-27(16(17)10-42-28)14-6-18(36-2)23(32)19(7-14)37-3/h6-9,16-17,22,24-28,30,32-35H,10-12H2,1-5H3/t16?,17?,22-,24-,25+,26-,27+,28+,30+/m1/s1. The van der Waals surface area contributed by atoms with Gasteiger partial charge in [-0.25, -0.2) is 0 Å². The fourth-order valence-electron chi connectivity index (χ4n) is 5.96. The molecule has 2 aromatic carbocycles. The minimum Gasteiger partial charge on any atom is -0.502 e. The van der Waals surface area contributed by atoms with E-state index in [1.165, 1.54) is 35.4 Å². The van der Waals surface area contributed by atoms with Crippen molar-refractivity contribution in [2.75, 3.05) is 48.3 Å². The molecule has 0 aliphatic carbocycles. The van der Waals surface area contributed by atoms with Gasteiger partial charge >= 0.3 is 5.97 Å². The SMILES string of the molecule is COc1cc([C@@H]2OCC3C2CO[C@H]3c2cc(OC)c(O[C@@H]3O[C@H](COC(C)=O)[C@@H](O)[C@H](O)[C@H]3O)c(OC)c2)cc(OC)c1O. The van der Waals surface area contributed by atoms with Crippen molar-refractivity contribution in [3.05, 3.63) is 35.4 Å². The van der Waals surface area contributed by atoms with Gasteiger partial charge in [0.05, 0.1) is 53.9 Å². The van der Waals surface area contributed by atoms with Crippen molar-refractivity contribution in [1.82, 2.24) is 0 Å². The molecule has 9 atom stereocenters. The molecule has 3 aliphatic rings. The number of phenols is 1. The molecule has 242 valence electrons. The van der Waals surface area contributed by atoms with Gasteiger partial charge in [-0.15, -0.1) is 0 Å². The van der Waals surface area contributed by atoms with Crippen molar-refractivity contribution in [3.63, 3.8) is 0 Å². The third kappa shape index (κ3) is 5.93. The number of aliphatic hydroxyl groups is 3. The Morgan fingerprint density at radius 2 is 1.25 bits per heavy atom. The number of ether oxygens (including phenoxy) is 9. The van der Waals surface area contributed by atoms with Gasteiger partial charge in [-0.3, -0.25) is 4.79 Å². The van der Waals surface area contributed by atoms with Gasteiger partial charge in [-0.2, -0.15) is 0 Å². The van der Waals surface area contributed by atoms with Crippen molar-refractivity contribution in [1.29, 1.82) is 0 Å². The molecule has 0 spiro atoms. The van der Waals surface area contributed by atoms with Crippen molar-refractivity contribution in [3.8, 4) is 34.5 Å². The summed E-state index contributed by atoms with van der Waals surface area (Å²) in [5.74, 6) is 0.371. The maximum Gasteiger partial charge on any atom is 0.302 e. The lowest BCUT2D eigenvalue weighted by atomic mass is 9.84. The van der Waals surface area contributed by atoms with Gasteiger partial charge in [0.25, 0.3) is 0 Å². The molecule has 5 rings (SSSR count). The minimum absolute atomic E-state index is 0.0141. The van der Waals surface area contributed by atoms with Gasteiger partial charge in [0.1, 0.15) is 31.0 Å². The summed E-state index contributed by atoms with van der Waals surface area (Å²) < 4.78 is 50.9. The molecule has 0 amide bonds. The summed E-state index contributed by atoms with van der Waals surface area (Å²) in [6, 6.07) is 6.90. The van der Waals surface area contributed by atoms with E-state index in [9.17, 15) is 25.2 Å². The maximum absolute atomic E-state index is 11.3. The average Bonchev–Trinajstić information content (AvgIpc) is 3.63. The fourth-order valence-corrected chi connectivity index (χ4v) is 5.96. The lowest BCUT2D eigenvalue weighted by Gasteiger charge is -2.40. The number of phenolic OH excluding ortho intramolecular Hbond substituents is 1. The van der Waals surface area contributed by atoms with Gasteiger partial charge in [0, 0.05) is 18.8 Å². The fraction of sp³-hybridized carbons (Fsp3) is 0.567. The van der Waals surface area contributed by atoms with Crippen molar-refractivity contribution < 1.29 is 67.9 Å². The third-order valence-electron chi connectivity index (χ3n) is 8.26. The summed E-state index contributed by atoms with van der Waals surface area (Å²) in [7, 11) is 5.80. The molecule has 3 fully saturated rings. The molecular weight excluding hydrogens is 584 g/mol. The summed E-state index contributed by atoms with van der Waals surface area (Å²) in [6.45, 7) is 1.64. The van der Waals surface area contributed by atoms with E-state index in [0.29, 0.717) is 13.2 Å². The Bertz CT molecular complexity index is 1280. The molecule has 2 aromatic rings. The van der Waals surface area contributed by atoms with Crippen LogP contribution in [-0.2, 0) is 23.7 Å². The van der Waals surface area contributed by atoms with Gasteiger partial charge in [0.2, 0.25) is 17.8 Å². The molecule has 0 aromatic heterocycles. The number of carbonyl (C=O) groups is 1. The Kier molecular flexibility index (Phi) is 9.58. The predicted molar refractivity (Wildman–Crippen MR) is 149 cm³/mol. The number of carbonyl (C=O) groups excluding carboxylic acids is 1. The van der Waals surface area contributed by atoms with E-state index in [4.69, 9.17) is 42.6 Å². The summed E-state index contributed by atoms with van der Waals surface area (Å²) in [5.41, 5.74) is 1.52. The molecule has 0 radical (unpaired) electrons. The Labute approximate surface area is 253 Å². The number of hydrogen-bond donors (Lipinski definition) is 4. The highest BCUT2D eigenvalue weighted by molar-refractivity contribution is 5.65.